The fraction of sp³-hybridized carbons (Fsp3) is 0.393. The summed E-state index contributed by atoms with van der Waals surface area (Å²) in [5.41, 5.74) is 11.4. The van der Waals surface area contributed by atoms with Crippen LogP contribution < -0.4 is 21.1 Å². The Morgan fingerprint density at radius 3 is 2.17 bits per heavy atom. The van der Waals surface area contributed by atoms with Crippen LogP contribution in [-0.2, 0) is 27.5 Å². The Balaban J connectivity index is 0.000000376. The average Bonchev–Trinajstić information content (AvgIpc) is 3.55. The Hall–Kier alpha value is -4.69. The van der Waals surface area contributed by atoms with E-state index in [1.54, 1.807) is 18.4 Å². The zero-order valence-corrected chi connectivity index (χ0v) is 26.4. The predicted molar refractivity (Wildman–Crippen MR) is 163 cm³/mol. The molecule has 13 nitrogen and oxygen atoms in total. The summed E-state index contributed by atoms with van der Waals surface area (Å²) in [5, 5.41) is 26.4. The lowest BCUT2D eigenvalue weighted by Gasteiger charge is -2.27. The number of carbonyl (C=O) groups is 3. The number of rotatable bonds is 6. The van der Waals surface area contributed by atoms with E-state index in [9.17, 15) is 31.1 Å². The lowest BCUT2D eigenvalue weighted by atomic mass is 10.1. The lowest BCUT2D eigenvalue weighted by molar-refractivity contribution is -0.193. The largest absolute Gasteiger partial charge is 0.495 e. The van der Waals surface area contributed by atoms with E-state index in [-0.39, 0.29) is 5.91 Å². The Kier molecular flexibility index (Phi) is 12.2. The molecule has 0 aliphatic carbocycles. The van der Waals surface area contributed by atoms with Crippen molar-refractivity contribution in [2.45, 2.75) is 39.3 Å². The molecule has 20 heteroatoms. The highest BCUT2D eigenvalue weighted by molar-refractivity contribution is 7.22. The molecule has 1 aromatic carbocycles. The molecule has 48 heavy (non-hydrogen) atoms. The molecule has 6 N–H and O–H groups in total. The minimum Gasteiger partial charge on any atom is -0.495 e. The van der Waals surface area contributed by atoms with Crippen molar-refractivity contribution in [3.63, 3.8) is 0 Å². The highest BCUT2D eigenvalue weighted by Gasteiger charge is 2.39. The Bertz CT molecular complexity index is 1760. The van der Waals surface area contributed by atoms with E-state index in [2.05, 4.69) is 44.7 Å². The molecule has 0 unspecified atom stereocenters. The van der Waals surface area contributed by atoms with Gasteiger partial charge in [0.15, 0.2) is 5.82 Å². The molecule has 5 rings (SSSR count). The number of hydrogen-bond donors (Lipinski definition) is 5. The number of alkyl halides is 6. The second-order valence-corrected chi connectivity index (χ2v) is 11.3. The van der Waals surface area contributed by atoms with Crippen LogP contribution in [-0.4, -0.2) is 93.2 Å². The van der Waals surface area contributed by atoms with Crippen molar-refractivity contribution in [1.29, 1.82) is 0 Å². The minimum absolute atomic E-state index is 0.0815. The summed E-state index contributed by atoms with van der Waals surface area (Å²) in [7, 11) is 1.70. The van der Waals surface area contributed by atoms with Crippen LogP contribution in [0.15, 0.2) is 24.5 Å². The second kappa shape index (κ2) is 15.5. The number of aliphatic carboxylic acids is 2. The van der Waals surface area contributed by atoms with Gasteiger partial charge in [-0.05, 0) is 30.0 Å². The van der Waals surface area contributed by atoms with Crippen molar-refractivity contribution >= 4 is 50.6 Å². The molecule has 0 radical (unpaired) electrons. The average molecular weight is 708 g/mol. The number of nitrogens with two attached hydrogens (primary N) is 1. The molecule has 1 fully saturated rings. The van der Waals surface area contributed by atoms with Crippen molar-refractivity contribution in [3.05, 3.63) is 41.3 Å². The Labute approximate surface area is 272 Å². The summed E-state index contributed by atoms with van der Waals surface area (Å²) in [4.78, 5) is 37.4. The number of fused-ring (bicyclic) bond motifs is 2. The number of amides is 1. The first kappa shape index (κ1) is 37.8. The molecule has 262 valence electrons. The molecule has 3 aromatic heterocycles. The van der Waals surface area contributed by atoms with Crippen LogP contribution in [0.1, 0.15) is 23.7 Å². The number of halogens is 6. The zero-order valence-electron chi connectivity index (χ0n) is 25.6. The summed E-state index contributed by atoms with van der Waals surface area (Å²) in [6, 6.07) is 6.38. The van der Waals surface area contributed by atoms with Gasteiger partial charge in [0.25, 0.3) is 0 Å². The number of ether oxygens (including phenoxy) is 1. The number of carboxylic acids is 2. The first-order valence-corrected chi connectivity index (χ1v) is 14.7. The molecule has 0 bridgehead atoms. The molecular weight excluding hydrogens is 676 g/mol. The van der Waals surface area contributed by atoms with E-state index in [1.165, 1.54) is 13.3 Å². The van der Waals surface area contributed by atoms with Crippen molar-refractivity contribution < 1.29 is 55.7 Å². The quantitative estimate of drug-likeness (QED) is 0.184. The van der Waals surface area contributed by atoms with Crippen LogP contribution in [0.25, 0.3) is 26.0 Å². The van der Waals surface area contributed by atoms with Crippen molar-refractivity contribution in [2.75, 3.05) is 39.0 Å². The van der Waals surface area contributed by atoms with Crippen LogP contribution in [0.5, 0.6) is 5.75 Å². The summed E-state index contributed by atoms with van der Waals surface area (Å²) < 4.78 is 72.1. The van der Waals surface area contributed by atoms with Crippen LogP contribution in [0, 0.1) is 6.92 Å². The molecule has 1 amide bonds. The highest BCUT2D eigenvalue weighted by atomic mass is 32.1. The number of carboxylic acid groups (broad SMARTS) is 2. The standard InChI is InChI=1S/C24H29N7O2S.2C2HF3O2/c1-14-8-16-10-20(34-23(16)19(9-14)33-3)21-17(11-27-15(2)32)18(12-30-6-4-26-5-7-30)31-22(21)24(25)28-13-29-31;2*3-2(4,5)1(6)7/h8-10,13,26H,4-7,11-12H2,1-3H3,(H,27,32)(H2,25,28,29);2*(H,6,7). The van der Waals surface area contributed by atoms with Gasteiger partial charge in [-0.1, -0.05) is 6.07 Å². The minimum atomic E-state index is -5.08. The zero-order chi connectivity index (χ0) is 36.0. The summed E-state index contributed by atoms with van der Waals surface area (Å²) in [5.74, 6) is -4.33. The van der Waals surface area contributed by atoms with E-state index in [0.717, 1.165) is 74.8 Å². The number of nitrogens with one attached hydrogen (secondary N) is 2. The van der Waals surface area contributed by atoms with Gasteiger partial charge in [0.1, 0.15) is 17.6 Å². The molecule has 1 aliphatic rings. The van der Waals surface area contributed by atoms with Gasteiger partial charge in [-0.3, -0.25) is 9.69 Å². The van der Waals surface area contributed by atoms with Gasteiger partial charge in [0.2, 0.25) is 5.91 Å². The topological polar surface area (TPSA) is 184 Å². The number of carbonyl (C=O) groups excluding carboxylic acids is 1. The number of aryl methyl sites for hydroxylation is 1. The molecule has 1 saturated heterocycles. The maximum atomic E-state index is 11.9. The van der Waals surface area contributed by atoms with Gasteiger partial charge in [-0.15, -0.1) is 11.3 Å². The SMILES string of the molecule is COc1cc(C)cc2cc(-c3c(CNC(C)=O)c(CN4CCNCC4)n4ncnc(N)c34)sc12.O=C(O)C(F)(F)F.O=C(O)C(F)(F)F. The van der Waals surface area contributed by atoms with E-state index >= 15 is 0 Å². The van der Waals surface area contributed by atoms with Crippen LogP contribution in [0.4, 0.5) is 32.2 Å². The number of benzene rings is 1. The number of nitrogens with zero attached hydrogens (tertiary/aromatic N) is 4. The fourth-order valence-corrected chi connectivity index (χ4v) is 5.88. The molecular formula is C28H31F6N7O6S. The smallest absolute Gasteiger partial charge is 0.490 e. The highest BCUT2D eigenvalue weighted by Crippen LogP contribution is 2.44. The third-order valence-electron chi connectivity index (χ3n) is 6.74. The summed E-state index contributed by atoms with van der Waals surface area (Å²) in [6.45, 7) is 8.48. The molecule has 0 atom stereocenters. The van der Waals surface area contributed by atoms with E-state index in [4.69, 9.17) is 30.3 Å². The van der Waals surface area contributed by atoms with Gasteiger partial charge in [0.05, 0.1) is 17.5 Å². The summed E-state index contributed by atoms with van der Waals surface area (Å²) in [6.07, 6.45) is -8.67. The van der Waals surface area contributed by atoms with Gasteiger partial charge in [-0.2, -0.15) is 31.4 Å². The maximum Gasteiger partial charge on any atom is 0.490 e. The summed E-state index contributed by atoms with van der Waals surface area (Å²) >= 11 is 1.66. The molecule has 0 saturated carbocycles. The van der Waals surface area contributed by atoms with Gasteiger partial charge < -0.3 is 31.3 Å². The van der Waals surface area contributed by atoms with Crippen LogP contribution in [0.3, 0.4) is 0 Å². The fourth-order valence-electron chi connectivity index (χ4n) is 4.67. The molecule has 0 spiro atoms. The number of nitrogen functional groups attached to an aromatic ring is 1. The van der Waals surface area contributed by atoms with Gasteiger partial charge in [-0.25, -0.2) is 19.1 Å². The monoisotopic (exact) mass is 707 g/mol. The first-order chi connectivity index (χ1) is 22.3. The second-order valence-electron chi connectivity index (χ2n) is 10.2. The van der Waals surface area contributed by atoms with Crippen LogP contribution >= 0.6 is 11.3 Å². The van der Waals surface area contributed by atoms with Crippen molar-refractivity contribution in [2.24, 2.45) is 0 Å². The normalized spacial score (nSPS) is 13.7. The van der Waals surface area contributed by atoms with E-state index < -0.39 is 24.3 Å². The Morgan fingerprint density at radius 1 is 1.06 bits per heavy atom. The van der Waals surface area contributed by atoms with E-state index in [0.29, 0.717) is 18.9 Å². The predicted octanol–water partition coefficient (Wildman–Crippen LogP) is 3.82. The molecule has 4 aromatic rings. The molecule has 4 heterocycles. The number of thiophene rings is 1. The number of methoxy groups -OCH3 is 1. The molecule has 1 aliphatic heterocycles. The number of hydrogen-bond acceptors (Lipinski definition) is 10. The number of aromatic nitrogens is 3. The van der Waals surface area contributed by atoms with Gasteiger partial charge in [0, 0.05) is 62.2 Å². The Morgan fingerprint density at radius 2 is 1.65 bits per heavy atom. The third-order valence-corrected chi connectivity index (χ3v) is 7.92. The first-order valence-electron chi connectivity index (χ1n) is 13.8. The number of piperazine rings is 1. The van der Waals surface area contributed by atoms with E-state index in [1.807, 2.05) is 10.6 Å². The van der Waals surface area contributed by atoms with Gasteiger partial charge >= 0.3 is 24.3 Å². The van der Waals surface area contributed by atoms with Crippen molar-refractivity contribution in [3.8, 4) is 16.2 Å². The van der Waals surface area contributed by atoms with Crippen LogP contribution in [0.2, 0.25) is 0 Å². The third kappa shape index (κ3) is 9.44. The lowest BCUT2D eigenvalue weighted by Crippen LogP contribution is -2.43. The number of anilines is 1. The maximum absolute atomic E-state index is 11.9. The van der Waals surface area contributed by atoms with Crippen molar-refractivity contribution in [1.82, 2.24) is 30.1 Å².